The highest BCUT2D eigenvalue weighted by Gasteiger charge is 2.19. The summed E-state index contributed by atoms with van der Waals surface area (Å²) in [6, 6.07) is 1.68. The molecule has 102 valence electrons. The highest BCUT2D eigenvalue weighted by Crippen LogP contribution is 2.31. The van der Waals surface area contributed by atoms with Crippen molar-refractivity contribution in [3.8, 4) is 10.8 Å². The predicted octanol–water partition coefficient (Wildman–Crippen LogP) is 2.44. The Hall–Kier alpha value is -2.09. The number of aromatic nitrogens is 2. The van der Waals surface area contributed by atoms with E-state index < -0.39 is 17.5 Å². The molecular formula is C11H13N3O4S. The van der Waals surface area contributed by atoms with Crippen LogP contribution in [0.1, 0.15) is 20.8 Å². The Morgan fingerprint density at radius 3 is 2.84 bits per heavy atom. The number of nitrogens with zero attached hydrogens (tertiary/aromatic N) is 1. The first kappa shape index (κ1) is 13.3. The van der Waals surface area contributed by atoms with Crippen LogP contribution in [-0.4, -0.2) is 21.9 Å². The van der Waals surface area contributed by atoms with Crippen molar-refractivity contribution in [2.45, 2.75) is 26.4 Å². The minimum Gasteiger partial charge on any atom is -0.444 e. The summed E-state index contributed by atoms with van der Waals surface area (Å²) in [4.78, 5) is 23.1. The molecule has 19 heavy (non-hydrogen) atoms. The highest BCUT2D eigenvalue weighted by molar-refractivity contribution is 7.14. The first-order valence-corrected chi connectivity index (χ1v) is 6.36. The number of aromatic amines is 1. The van der Waals surface area contributed by atoms with Crippen LogP contribution in [0.25, 0.3) is 10.8 Å². The summed E-state index contributed by atoms with van der Waals surface area (Å²) in [5.41, 5.74) is -0.103. The Morgan fingerprint density at radius 1 is 1.53 bits per heavy atom. The topological polar surface area (TPSA) is 97.2 Å². The van der Waals surface area contributed by atoms with E-state index in [4.69, 9.17) is 9.15 Å². The molecule has 0 aromatic carbocycles. The van der Waals surface area contributed by atoms with Crippen LogP contribution in [0.15, 0.2) is 20.7 Å². The second kappa shape index (κ2) is 4.88. The summed E-state index contributed by atoms with van der Waals surface area (Å²) in [6.07, 6.45) is -0.579. The van der Waals surface area contributed by atoms with Crippen molar-refractivity contribution < 1.29 is 13.9 Å². The van der Waals surface area contributed by atoms with Crippen LogP contribution < -0.4 is 11.1 Å². The van der Waals surface area contributed by atoms with Gasteiger partial charge in [-0.15, -0.1) is 16.4 Å². The van der Waals surface area contributed by atoms with Gasteiger partial charge in [-0.05, 0) is 32.2 Å². The maximum atomic E-state index is 11.7. The molecule has 0 spiro atoms. The quantitative estimate of drug-likeness (QED) is 0.882. The smallest absolute Gasteiger partial charge is 0.434 e. The first-order chi connectivity index (χ1) is 8.85. The molecule has 2 heterocycles. The van der Waals surface area contributed by atoms with Crippen molar-refractivity contribution in [1.82, 2.24) is 10.2 Å². The van der Waals surface area contributed by atoms with Gasteiger partial charge in [0.2, 0.25) is 0 Å². The SMILES string of the molecule is CC(C)(C)OC(=O)Nc1ccsc1-c1n[nH]c(=O)o1. The highest BCUT2D eigenvalue weighted by atomic mass is 32.1. The Kier molecular flexibility index (Phi) is 3.43. The molecule has 2 rings (SSSR count). The van der Waals surface area contributed by atoms with E-state index in [0.717, 1.165) is 0 Å². The standard InChI is InChI=1S/C11H13N3O4S/c1-11(2,3)18-9(15)12-6-4-5-19-7(6)8-13-14-10(16)17-8/h4-5H,1-3H3,(H,12,15)(H,14,16). The minimum absolute atomic E-state index is 0.131. The van der Waals surface area contributed by atoms with Gasteiger partial charge in [0.1, 0.15) is 10.5 Å². The van der Waals surface area contributed by atoms with E-state index >= 15 is 0 Å². The van der Waals surface area contributed by atoms with E-state index in [2.05, 4.69) is 15.5 Å². The second-order valence-corrected chi connectivity index (χ2v) is 5.62. The van der Waals surface area contributed by atoms with Crippen molar-refractivity contribution >= 4 is 23.1 Å². The van der Waals surface area contributed by atoms with Crippen LogP contribution in [0, 0.1) is 0 Å². The molecule has 0 aliphatic heterocycles. The molecule has 0 radical (unpaired) electrons. The molecule has 0 unspecified atom stereocenters. The summed E-state index contributed by atoms with van der Waals surface area (Å²) >= 11 is 1.29. The predicted molar refractivity (Wildman–Crippen MR) is 70.3 cm³/mol. The van der Waals surface area contributed by atoms with Crippen molar-refractivity contribution in [3.05, 3.63) is 22.0 Å². The van der Waals surface area contributed by atoms with Crippen molar-refractivity contribution in [2.75, 3.05) is 5.32 Å². The van der Waals surface area contributed by atoms with Crippen LogP contribution in [0.3, 0.4) is 0 Å². The number of H-pyrrole nitrogens is 1. The van der Waals surface area contributed by atoms with Crippen LogP contribution in [-0.2, 0) is 4.74 Å². The lowest BCUT2D eigenvalue weighted by molar-refractivity contribution is 0.0636. The van der Waals surface area contributed by atoms with Crippen molar-refractivity contribution in [3.63, 3.8) is 0 Å². The normalized spacial score (nSPS) is 11.3. The van der Waals surface area contributed by atoms with E-state index in [9.17, 15) is 9.59 Å². The Balaban J connectivity index is 2.17. The van der Waals surface area contributed by atoms with Gasteiger partial charge in [-0.25, -0.2) is 14.7 Å². The fourth-order valence-corrected chi connectivity index (χ4v) is 2.09. The number of carbonyl (C=O) groups excluding carboxylic acids is 1. The van der Waals surface area contributed by atoms with Gasteiger partial charge in [0.15, 0.2) is 0 Å². The van der Waals surface area contributed by atoms with Gasteiger partial charge in [0, 0.05) is 0 Å². The lowest BCUT2D eigenvalue weighted by Gasteiger charge is -2.19. The molecule has 8 heteroatoms. The van der Waals surface area contributed by atoms with Crippen LogP contribution in [0.2, 0.25) is 0 Å². The average Bonchev–Trinajstić information content (AvgIpc) is 2.83. The minimum atomic E-state index is -0.647. The lowest BCUT2D eigenvalue weighted by atomic mass is 10.2. The monoisotopic (exact) mass is 283 g/mol. The van der Waals surface area contributed by atoms with Gasteiger partial charge in [0.05, 0.1) is 5.69 Å². The van der Waals surface area contributed by atoms with Gasteiger partial charge in [-0.2, -0.15) is 0 Å². The van der Waals surface area contributed by atoms with Gasteiger partial charge in [-0.1, -0.05) is 0 Å². The Labute approximate surface area is 112 Å². The number of thiophene rings is 1. The van der Waals surface area contributed by atoms with E-state index in [1.54, 1.807) is 32.2 Å². The van der Waals surface area contributed by atoms with Gasteiger partial charge >= 0.3 is 11.8 Å². The largest absolute Gasteiger partial charge is 0.444 e. The number of carbonyl (C=O) groups is 1. The molecule has 0 saturated heterocycles. The van der Waals surface area contributed by atoms with Crippen LogP contribution >= 0.6 is 11.3 Å². The molecule has 0 atom stereocenters. The second-order valence-electron chi connectivity index (χ2n) is 4.71. The molecule has 1 amide bonds. The van der Waals surface area contributed by atoms with Gasteiger partial charge in [0.25, 0.3) is 5.89 Å². The molecule has 0 saturated carbocycles. The van der Waals surface area contributed by atoms with Gasteiger partial charge < -0.3 is 9.15 Å². The molecule has 2 N–H and O–H groups in total. The molecule has 2 aromatic rings. The molecule has 0 fully saturated rings. The third-order valence-corrected chi connectivity index (χ3v) is 2.84. The van der Waals surface area contributed by atoms with Crippen LogP contribution in [0.5, 0.6) is 0 Å². The third-order valence-electron chi connectivity index (χ3n) is 1.93. The summed E-state index contributed by atoms with van der Waals surface area (Å²) in [5.74, 6) is -0.516. The third kappa shape index (κ3) is 3.44. The number of anilines is 1. The zero-order valence-electron chi connectivity index (χ0n) is 10.6. The fourth-order valence-electron chi connectivity index (χ4n) is 1.31. The van der Waals surface area contributed by atoms with E-state index in [1.165, 1.54) is 11.3 Å². The molecular weight excluding hydrogens is 270 g/mol. The summed E-state index contributed by atoms with van der Waals surface area (Å²) < 4.78 is 9.99. The lowest BCUT2D eigenvalue weighted by Crippen LogP contribution is -2.27. The number of rotatable bonds is 2. The molecule has 7 nitrogen and oxygen atoms in total. The Bertz CT molecular complexity index is 635. The molecule has 0 bridgehead atoms. The number of hydrogen-bond acceptors (Lipinski definition) is 6. The van der Waals surface area contributed by atoms with E-state index in [1.807, 2.05) is 0 Å². The fraction of sp³-hybridized carbons (Fsp3) is 0.364. The Morgan fingerprint density at radius 2 is 2.26 bits per heavy atom. The van der Waals surface area contributed by atoms with E-state index in [0.29, 0.717) is 10.6 Å². The van der Waals surface area contributed by atoms with Crippen molar-refractivity contribution in [2.24, 2.45) is 0 Å². The molecule has 0 aliphatic rings. The first-order valence-electron chi connectivity index (χ1n) is 5.48. The molecule has 2 aromatic heterocycles. The maximum absolute atomic E-state index is 11.7. The maximum Gasteiger partial charge on any atom is 0.434 e. The number of ether oxygens (including phenoxy) is 1. The zero-order chi connectivity index (χ0) is 14.0. The number of amides is 1. The van der Waals surface area contributed by atoms with Crippen LogP contribution in [0.4, 0.5) is 10.5 Å². The van der Waals surface area contributed by atoms with E-state index in [-0.39, 0.29) is 5.89 Å². The summed E-state index contributed by atoms with van der Waals surface area (Å²) in [7, 11) is 0. The number of nitrogens with one attached hydrogen (secondary N) is 2. The zero-order valence-corrected chi connectivity index (χ0v) is 11.5. The number of hydrogen-bond donors (Lipinski definition) is 2. The van der Waals surface area contributed by atoms with Crippen molar-refractivity contribution in [1.29, 1.82) is 0 Å². The summed E-state index contributed by atoms with van der Waals surface area (Å²) in [5, 5.41) is 10.2. The average molecular weight is 283 g/mol. The van der Waals surface area contributed by atoms with Gasteiger partial charge in [-0.3, -0.25) is 5.32 Å². The summed E-state index contributed by atoms with van der Waals surface area (Å²) in [6.45, 7) is 5.32. The molecule has 0 aliphatic carbocycles.